The van der Waals surface area contributed by atoms with Crippen LogP contribution >= 0.6 is 0 Å². The average molecular weight is 459 g/mol. The number of anilines is 2. The van der Waals surface area contributed by atoms with Crippen LogP contribution in [0.3, 0.4) is 0 Å². The lowest BCUT2D eigenvalue weighted by Crippen LogP contribution is -2.29. The minimum atomic E-state index is -0.180. The highest BCUT2D eigenvalue weighted by molar-refractivity contribution is 6.06. The Hall–Kier alpha value is -3.61. The van der Waals surface area contributed by atoms with Crippen LogP contribution in [0.5, 0.6) is 0 Å². The van der Waals surface area contributed by atoms with Crippen molar-refractivity contribution in [1.82, 2.24) is 19.9 Å². The Kier molecular flexibility index (Phi) is 7.96. The zero-order valence-electron chi connectivity index (χ0n) is 19.9. The lowest BCUT2D eigenvalue weighted by Gasteiger charge is -2.12. The van der Waals surface area contributed by atoms with E-state index in [4.69, 9.17) is 10.7 Å². The second kappa shape index (κ2) is 11.5. The number of pyridine rings is 1. The lowest BCUT2D eigenvalue weighted by atomic mass is 10.1. The molecule has 2 heterocycles. The van der Waals surface area contributed by atoms with E-state index in [1.807, 2.05) is 48.5 Å². The van der Waals surface area contributed by atoms with Crippen molar-refractivity contribution in [2.24, 2.45) is 0 Å². The summed E-state index contributed by atoms with van der Waals surface area (Å²) < 4.78 is 2.33. The highest BCUT2D eigenvalue weighted by atomic mass is 16.2. The van der Waals surface area contributed by atoms with E-state index < -0.39 is 0 Å². The van der Waals surface area contributed by atoms with Crippen LogP contribution in [0.15, 0.2) is 54.6 Å². The minimum Gasteiger partial charge on any atom is -0.382 e. The summed E-state index contributed by atoms with van der Waals surface area (Å²) in [6.45, 7) is 3.67. The molecule has 4 aromatic rings. The number of unbranched alkanes of at least 4 members (excludes halogenated alkanes) is 4. The number of urea groups is 1. The van der Waals surface area contributed by atoms with Crippen molar-refractivity contribution in [3.63, 3.8) is 0 Å². The standard InChI is InChI=1S/C27H34N6O/c1-2-3-4-8-17-23-32-24-25(21-15-9-10-16-22(21)31-26(24)28)33(23)19-12-11-18-29-27(34)30-20-13-6-5-7-14-20/h5-7,9-10,13-16H,2-4,8,11-12,17-19H2,1H3,(H2,28,31)(H2,29,30,34). The van der Waals surface area contributed by atoms with E-state index in [-0.39, 0.29) is 6.03 Å². The molecule has 7 heteroatoms. The van der Waals surface area contributed by atoms with Crippen molar-refractivity contribution < 1.29 is 4.79 Å². The number of benzene rings is 2. The number of rotatable bonds is 11. The highest BCUT2D eigenvalue weighted by Crippen LogP contribution is 2.29. The van der Waals surface area contributed by atoms with Gasteiger partial charge in [-0.3, -0.25) is 0 Å². The number of hydrogen-bond acceptors (Lipinski definition) is 4. The first-order valence-electron chi connectivity index (χ1n) is 12.3. The third-order valence-corrected chi connectivity index (χ3v) is 6.07. The zero-order chi connectivity index (χ0) is 23.8. The maximum Gasteiger partial charge on any atom is 0.319 e. The molecule has 2 aromatic heterocycles. The minimum absolute atomic E-state index is 0.180. The van der Waals surface area contributed by atoms with Gasteiger partial charge in [0.2, 0.25) is 0 Å². The van der Waals surface area contributed by atoms with E-state index in [0.29, 0.717) is 12.4 Å². The van der Waals surface area contributed by atoms with Gasteiger partial charge in [0.15, 0.2) is 5.82 Å². The number of nitrogens with zero attached hydrogens (tertiary/aromatic N) is 3. The molecule has 0 fully saturated rings. The summed E-state index contributed by atoms with van der Waals surface area (Å²) in [4.78, 5) is 21.6. The summed E-state index contributed by atoms with van der Waals surface area (Å²) in [6.07, 6.45) is 7.50. The number of fused-ring (bicyclic) bond motifs is 3. The number of carbonyl (C=O) groups is 1. The number of amides is 2. The third kappa shape index (κ3) is 5.65. The van der Waals surface area contributed by atoms with Crippen molar-refractivity contribution in [1.29, 1.82) is 0 Å². The number of para-hydroxylation sites is 2. The molecule has 7 nitrogen and oxygen atoms in total. The first-order valence-corrected chi connectivity index (χ1v) is 12.3. The topological polar surface area (TPSA) is 97.9 Å². The van der Waals surface area contributed by atoms with Gasteiger partial charge in [0.05, 0.1) is 11.0 Å². The van der Waals surface area contributed by atoms with Gasteiger partial charge in [0.25, 0.3) is 0 Å². The molecule has 0 saturated heterocycles. The first-order chi connectivity index (χ1) is 16.7. The Morgan fingerprint density at radius 2 is 1.74 bits per heavy atom. The van der Waals surface area contributed by atoms with Crippen LogP contribution < -0.4 is 16.4 Å². The Balaban J connectivity index is 1.44. The van der Waals surface area contributed by atoms with Crippen LogP contribution in [0.1, 0.15) is 51.3 Å². The summed E-state index contributed by atoms with van der Waals surface area (Å²) in [5, 5.41) is 6.88. The average Bonchev–Trinajstić information content (AvgIpc) is 3.21. The van der Waals surface area contributed by atoms with Crippen molar-refractivity contribution in [3.8, 4) is 0 Å². The molecule has 2 aromatic carbocycles. The van der Waals surface area contributed by atoms with Gasteiger partial charge in [-0.1, -0.05) is 62.6 Å². The number of nitrogens with two attached hydrogens (primary N) is 1. The highest BCUT2D eigenvalue weighted by Gasteiger charge is 2.17. The maximum atomic E-state index is 12.1. The number of aryl methyl sites for hydroxylation is 2. The van der Waals surface area contributed by atoms with Crippen molar-refractivity contribution in [3.05, 3.63) is 60.4 Å². The molecular weight excluding hydrogens is 424 g/mol. The van der Waals surface area contributed by atoms with Gasteiger partial charge in [0, 0.05) is 30.6 Å². The van der Waals surface area contributed by atoms with Crippen molar-refractivity contribution in [2.75, 3.05) is 17.6 Å². The second-order valence-electron chi connectivity index (χ2n) is 8.66. The molecule has 34 heavy (non-hydrogen) atoms. The van der Waals surface area contributed by atoms with Crippen LogP contribution in [0.25, 0.3) is 21.9 Å². The summed E-state index contributed by atoms with van der Waals surface area (Å²) in [5.41, 5.74) is 9.86. The quantitative estimate of drug-likeness (QED) is 0.244. The Morgan fingerprint density at radius 3 is 2.56 bits per heavy atom. The maximum absolute atomic E-state index is 12.1. The molecule has 0 unspecified atom stereocenters. The molecule has 0 atom stereocenters. The van der Waals surface area contributed by atoms with E-state index in [1.165, 1.54) is 19.3 Å². The monoisotopic (exact) mass is 458 g/mol. The molecule has 2 amide bonds. The van der Waals surface area contributed by atoms with E-state index >= 15 is 0 Å². The molecule has 178 valence electrons. The van der Waals surface area contributed by atoms with Gasteiger partial charge in [-0.25, -0.2) is 14.8 Å². The third-order valence-electron chi connectivity index (χ3n) is 6.07. The van der Waals surface area contributed by atoms with E-state index in [1.54, 1.807) is 0 Å². The number of carbonyl (C=O) groups excluding carboxylic acids is 1. The fraction of sp³-hybridized carbons (Fsp3) is 0.370. The Morgan fingerprint density at radius 1 is 0.941 bits per heavy atom. The largest absolute Gasteiger partial charge is 0.382 e. The molecule has 0 radical (unpaired) electrons. The number of nitrogen functional groups attached to an aromatic ring is 1. The van der Waals surface area contributed by atoms with Gasteiger partial charge in [-0.15, -0.1) is 0 Å². The molecule has 0 bridgehead atoms. The van der Waals surface area contributed by atoms with Crippen molar-refractivity contribution >= 4 is 39.5 Å². The van der Waals surface area contributed by atoms with Crippen LogP contribution in [0.2, 0.25) is 0 Å². The van der Waals surface area contributed by atoms with E-state index in [2.05, 4.69) is 33.2 Å². The predicted octanol–water partition coefficient (Wildman–Crippen LogP) is 5.89. The predicted molar refractivity (Wildman–Crippen MR) is 140 cm³/mol. The summed E-state index contributed by atoms with van der Waals surface area (Å²) in [7, 11) is 0. The lowest BCUT2D eigenvalue weighted by molar-refractivity contribution is 0.252. The van der Waals surface area contributed by atoms with Gasteiger partial charge >= 0.3 is 6.03 Å². The molecule has 4 N–H and O–H groups in total. The normalized spacial score (nSPS) is 11.2. The summed E-state index contributed by atoms with van der Waals surface area (Å²) in [5.74, 6) is 1.56. The summed E-state index contributed by atoms with van der Waals surface area (Å²) >= 11 is 0. The molecule has 0 spiro atoms. The number of imidazole rings is 1. The SMILES string of the molecule is CCCCCCc1nc2c(N)nc3ccccc3c2n1CCCCNC(=O)Nc1ccccc1. The molecule has 4 rings (SSSR count). The molecular formula is C27H34N6O. The Bertz CT molecular complexity index is 1230. The fourth-order valence-electron chi connectivity index (χ4n) is 4.34. The van der Waals surface area contributed by atoms with Crippen LogP contribution in [0.4, 0.5) is 16.3 Å². The van der Waals surface area contributed by atoms with Crippen LogP contribution in [0, 0.1) is 0 Å². The fourth-order valence-corrected chi connectivity index (χ4v) is 4.34. The smallest absolute Gasteiger partial charge is 0.319 e. The van der Waals surface area contributed by atoms with E-state index in [9.17, 15) is 4.79 Å². The number of nitrogens with one attached hydrogen (secondary N) is 2. The number of aromatic nitrogens is 3. The van der Waals surface area contributed by atoms with Gasteiger partial charge < -0.3 is 20.9 Å². The van der Waals surface area contributed by atoms with Crippen LogP contribution in [-0.2, 0) is 13.0 Å². The molecule has 0 saturated carbocycles. The molecule has 0 aliphatic rings. The Labute approximate surface area is 200 Å². The van der Waals surface area contributed by atoms with E-state index in [0.717, 1.165) is 65.7 Å². The zero-order valence-corrected chi connectivity index (χ0v) is 19.9. The van der Waals surface area contributed by atoms with Crippen LogP contribution in [-0.4, -0.2) is 27.1 Å². The van der Waals surface area contributed by atoms with Crippen molar-refractivity contribution in [2.45, 2.75) is 58.4 Å². The van der Waals surface area contributed by atoms with Gasteiger partial charge in [-0.05, 0) is 37.5 Å². The molecule has 0 aliphatic heterocycles. The summed E-state index contributed by atoms with van der Waals surface area (Å²) in [6, 6.07) is 17.4. The van der Waals surface area contributed by atoms with Gasteiger partial charge in [-0.2, -0.15) is 0 Å². The first kappa shape index (κ1) is 23.5. The van der Waals surface area contributed by atoms with Gasteiger partial charge in [0.1, 0.15) is 11.3 Å². The molecule has 0 aliphatic carbocycles. The second-order valence-corrected chi connectivity index (χ2v) is 8.66. The number of hydrogen-bond donors (Lipinski definition) is 3.